The number of nitrogens with one attached hydrogen (secondary N) is 1. The smallest absolute Gasteiger partial charge is 0.224 e. The molecule has 1 aliphatic heterocycles. The van der Waals surface area contributed by atoms with Crippen LogP contribution in [-0.4, -0.2) is 58.9 Å². The van der Waals surface area contributed by atoms with Gasteiger partial charge < -0.3 is 20.4 Å². The first-order valence-corrected chi connectivity index (χ1v) is 5.41. The molecular weight excluding hydrogens is 196 g/mol. The zero-order valence-corrected chi connectivity index (χ0v) is 9.31. The van der Waals surface area contributed by atoms with Gasteiger partial charge in [-0.1, -0.05) is 6.92 Å². The summed E-state index contributed by atoms with van der Waals surface area (Å²) in [6.45, 7) is 5.27. The molecule has 5 heteroatoms. The summed E-state index contributed by atoms with van der Waals surface area (Å²) in [5.74, 6) is -0.0148. The van der Waals surface area contributed by atoms with Crippen LogP contribution in [0.3, 0.4) is 0 Å². The monoisotopic (exact) mass is 216 g/mol. The zero-order chi connectivity index (χ0) is 11.4. The van der Waals surface area contributed by atoms with E-state index in [9.17, 15) is 15.0 Å². The van der Waals surface area contributed by atoms with Crippen molar-refractivity contribution in [3.63, 3.8) is 0 Å². The molecule has 1 unspecified atom stereocenters. The van der Waals surface area contributed by atoms with Crippen molar-refractivity contribution in [3.8, 4) is 0 Å². The lowest BCUT2D eigenvalue weighted by Gasteiger charge is -2.18. The highest BCUT2D eigenvalue weighted by atomic mass is 16.3. The van der Waals surface area contributed by atoms with Gasteiger partial charge in [0.05, 0.1) is 12.2 Å². The number of nitrogens with zero attached hydrogens (tertiary/aromatic N) is 1. The van der Waals surface area contributed by atoms with Gasteiger partial charge in [0.15, 0.2) is 0 Å². The quantitative estimate of drug-likeness (QED) is 0.560. The van der Waals surface area contributed by atoms with Crippen molar-refractivity contribution < 1.29 is 15.0 Å². The molecule has 1 saturated heterocycles. The molecule has 0 saturated carbocycles. The third-order valence-electron chi connectivity index (χ3n) is 2.65. The molecule has 0 aromatic carbocycles. The molecule has 0 aromatic heterocycles. The number of carbonyl (C=O) groups is 1. The molecule has 5 nitrogen and oxygen atoms in total. The molecule has 3 N–H and O–H groups in total. The summed E-state index contributed by atoms with van der Waals surface area (Å²) in [6.07, 6.45) is -1.17. The Labute approximate surface area is 90.1 Å². The summed E-state index contributed by atoms with van der Waals surface area (Å²) in [7, 11) is 0. The maximum absolute atomic E-state index is 11.7. The highest BCUT2D eigenvalue weighted by Gasteiger charge is 2.32. The lowest BCUT2D eigenvalue weighted by Crippen LogP contribution is -2.36. The minimum absolute atomic E-state index is 0.0148. The normalized spacial score (nSPS) is 28.1. The summed E-state index contributed by atoms with van der Waals surface area (Å²) in [4.78, 5) is 13.2. The molecule has 88 valence electrons. The molecule has 0 aliphatic carbocycles. The molecule has 1 fully saturated rings. The van der Waals surface area contributed by atoms with Crippen LogP contribution in [0.15, 0.2) is 0 Å². The maximum Gasteiger partial charge on any atom is 0.224 e. The SMILES string of the molecule is CCNC(C)CC(=O)N1C[C@@H](O)[C@@H](O)C1. The van der Waals surface area contributed by atoms with E-state index >= 15 is 0 Å². The van der Waals surface area contributed by atoms with Crippen molar-refractivity contribution in [2.45, 2.75) is 38.5 Å². The number of aliphatic hydroxyl groups excluding tert-OH is 2. The van der Waals surface area contributed by atoms with Crippen LogP contribution in [0.4, 0.5) is 0 Å². The van der Waals surface area contributed by atoms with Gasteiger partial charge in [0.1, 0.15) is 0 Å². The summed E-state index contributed by atoms with van der Waals surface area (Å²) in [6, 6.07) is 0.136. The maximum atomic E-state index is 11.7. The first-order valence-electron chi connectivity index (χ1n) is 5.41. The van der Waals surface area contributed by atoms with E-state index in [0.29, 0.717) is 6.42 Å². The van der Waals surface area contributed by atoms with E-state index in [2.05, 4.69) is 5.32 Å². The van der Waals surface area contributed by atoms with Gasteiger partial charge in [0, 0.05) is 25.6 Å². The van der Waals surface area contributed by atoms with Crippen LogP contribution in [0.2, 0.25) is 0 Å². The third-order valence-corrected chi connectivity index (χ3v) is 2.65. The second-order valence-corrected chi connectivity index (χ2v) is 4.10. The van der Waals surface area contributed by atoms with Crippen LogP contribution in [0, 0.1) is 0 Å². The van der Waals surface area contributed by atoms with E-state index in [1.54, 1.807) is 0 Å². The van der Waals surface area contributed by atoms with Gasteiger partial charge in [-0.3, -0.25) is 4.79 Å². The average Bonchev–Trinajstić information content (AvgIpc) is 2.47. The van der Waals surface area contributed by atoms with Crippen molar-refractivity contribution in [1.29, 1.82) is 0 Å². The van der Waals surface area contributed by atoms with Crippen molar-refractivity contribution in [1.82, 2.24) is 10.2 Å². The van der Waals surface area contributed by atoms with Crippen LogP contribution >= 0.6 is 0 Å². The number of likely N-dealkylation sites (tertiary alicyclic amines) is 1. The Morgan fingerprint density at radius 2 is 2.00 bits per heavy atom. The van der Waals surface area contributed by atoms with Gasteiger partial charge in [-0.2, -0.15) is 0 Å². The second-order valence-electron chi connectivity index (χ2n) is 4.10. The van der Waals surface area contributed by atoms with Crippen LogP contribution in [0.1, 0.15) is 20.3 Å². The van der Waals surface area contributed by atoms with E-state index in [-0.39, 0.29) is 25.0 Å². The van der Waals surface area contributed by atoms with E-state index in [1.807, 2.05) is 13.8 Å². The van der Waals surface area contributed by atoms with Crippen LogP contribution in [-0.2, 0) is 4.79 Å². The Balaban J connectivity index is 2.35. The van der Waals surface area contributed by atoms with Gasteiger partial charge in [0.25, 0.3) is 0 Å². The molecule has 0 aromatic rings. The van der Waals surface area contributed by atoms with Gasteiger partial charge in [-0.25, -0.2) is 0 Å². The van der Waals surface area contributed by atoms with E-state index in [1.165, 1.54) is 4.90 Å². The summed E-state index contributed by atoms with van der Waals surface area (Å²) >= 11 is 0. The van der Waals surface area contributed by atoms with Gasteiger partial charge in [-0.15, -0.1) is 0 Å². The van der Waals surface area contributed by atoms with E-state index < -0.39 is 12.2 Å². The van der Waals surface area contributed by atoms with E-state index in [4.69, 9.17) is 0 Å². The minimum Gasteiger partial charge on any atom is -0.388 e. The fourth-order valence-electron chi connectivity index (χ4n) is 1.78. The number of hydrogen-bond donors (Lipinski definition) is 3. The summed E-state index contributed by atoms with van der Waals surface area (Å²) < 4.78 is 0. The van der Waals surface area contributed by atoms with Crippen LogP contribution in [0.5, 0.6) is 0 Å². The largest absolute Gasteiger partial charge is 0.388 e. The molecular formula is C10H20N2O3. The first kappa shape index (κ1) is 12.4. The van der Waals surface area contributed by atoms with Gasteiger partial charge >= 0.3 is 0 Å². The molecule has 15 heavy (non-hydrogen) atoms. The Hall–Kier alpha value is -0.650. The molecule has 1 amide bonds. The van der Waals surface area contributed by atoms with Crippen molar-refractivity contribution >= 4 is 5.91 Å². The number of rotatable bonds is 4. The molecule has 1 rings (SSSR count). The molecule has 3 atom stereocenters. The topological polar surface area (TPSA) is 72.8 Å². The number of amides is 1. The Kier molecular flexibility index (Phi) is 4.50. The van der Waals surface area contributed by atoms with Crippen LogP contribution in [0.25, 0.3) is 0 Å². The number of carbonyl (C=O) groups excluding carboxylic acids is 1. The lowest BCUT2D eigenvalue weighted by molar-refractivity contribution is -0.131. The number of β-amino-alcohol motifs (C(OH)–C–C–N with tert-alkyl or cyclic N) is 2. The standard InChI is InChI=1S/C10H20N2O3/c1-3-11-7(2)4-10(15)12-5-8(13)9(14)6-12/h7-9,11,13-14H,3-6H2,1-2H3/t7?,8-,9+. The zero-order valence-electron chi connectivity index (χ0n) is 9.31. The molecule has 0 bridgehead atoms. The molecule has 1 heterocycles. The van der Waals surface area contributed by atoms with Crippen LogP contribution < -0.4 is 5.32 Å². The molecule has 0 radical (unpaired) electrons. The summed E-state index contributed by atoms with van der Waals surface area (Å²) in [5, 5.41) is 21.7. The predicted octanol–water partition coefficient (Wildman–Crippen LogP) is -1.06. The van der Waals surface area contributed by atoms with E-state index in [0.717, 1.165) is 6.54 Å². The van der Waals surface area contributed by atoms with Gasteiger partial charge in [0.2, 0.25) is 5.91 Å². The Bertz CT molecular complexity index is 213. The first-order chi connectivity index (χ1) is 7.04. The van der Waals surface area contributed by atoms with Crippen molar-refractivity contribution in [3.05, 3.63) is 0 Å². The molecule has 1 aliphatic rings. The highest BCUT2D eigenvalue weighted by molar-refractivity contribution is 5.77. The summed E-state index contributed by atoms with van der Waals surface area (Å²) in [5.41, 5.74) is 0. The van der Waals surface area contributed by atoms with Crippen molar-refractivity contribution in [2.24, 2.45) is 0 Å². The number of hydrogen-bond acceptors (Lipinski definition) is 4. The highest BCUT2D eigenvalue weighted by Crippen LogP contribution is 2.11. The molecule has 0 spiro atoms. The second kappa shape index (κ2) is 5.44. The minimum atomic E-state index is -0.789. The fourth-order valence-corrected chi connectivity index (χ4v) is 1.78. The fraction of sp³-hybridized carbons (Fsp3) is 0.900. The predicted molar refractivity (Wildman–Crippen MR) is 56.3 cm³/mol. The number of aliphatic hydroxyl groups is 2. The van der Waals surface area contributed by atoms with Crippen molar-refractivity contribution in [2.75, 3.05) is 19.6 Å². The lowest BCUT2D eigenvalue weighted by atomic mass is 10.2. The Morgan fingerprint density at radius 3 is 2.47 bits per heavy atom. The average molecular weight is 216 g/mol. The Morgan fingerprint density at radius 1 is 1.47 bits per heavy atom. The third kappa shape index (κ3) is 3.44. The van der Waals surface area contributed by atoms with Gasteiger partial charge in [-0.05, 0) is 13.5 Å².